The summed E-state index contributed by atoms with van der Waals surface area (Å²) >= 11 is 7.03. The second-order valence-electron chi connectivity index (χ2n) is 13.8. The molecule has 4 heteroatoms. The fourth-order valence-corrected chi connectivity index (χ4v) is 9.08. The topological polar surface area (TPSA) is 25.6 Å². The van der Waals surface area contributed by atoms with Gasteiger partial charge >= 0.3 is 0 Å². The third-order valence-corrected chi connectivity index (χ3v) is 11.2. The lowest BCUT2D eigenvalue weighted by atomic mass is 9.66. The Morgan fingerprint density at radius 1 is 0.453 bits per heavy atom. The summed E-state index contributed by atoms with van der Waals surface area (Å²) in [4.78, 5) is 2.32. The average molecular weight is 700 g/mol. The Bertz CT molecular complexity index is 2860. The molecule has 53 heavy (non-hydrogen) atoms. The molecular formula is C49H30ClNO2. The molecule has 9 aromatic rings. The first-order valence-electron chi connectivity index (χ1n) is 17.9. The Kier molecular flexibility index (Phi) is 6.52. The van der Waals surface area contributed by atoms with E-state index in [1.165, 1.54) is 22.3 Å². The van der Waals surface area contributed by atoms with Crippen molar-refractivity contribution in [1.29, 1.82) is 0 Å². The van der Waals surface area contributed by atoms with Crippen molar-refractivity contribution < 1.29 is 9.15 Å². The molecule has 0 N–H and O–H groups in total. The van der Waals surface area contributed by atoms with Crippen molar-refractivity contribution in [2.24, 2.45) is 0 Å². The van der Waals surface area contributed by atoms with Crippen LogP contribution in [0, 0.1) is 0 Å². The first-order chi connectivity index (χ1) is 26.2. The van der Waals surface area contributed by atoms with E-state index < -0.39 is 5.41 Å². The lowest BCUT2D eigenvalue weighted by molar-refractivity contribution is 0.436. The Balaban J connectivity index is 1.23. The van der Waals surface area contributed by atoms with E-state index in [1.807, 2.05) is 30.3 Å². The fraction of sp³-hybridized carbons (Fsp3) is 0.0204. The van der Waals surface area contributed by atoms with Crippen LogP contribution in [0.5, 0.6) is 11.5 Å². The number of halogens is 1. The average Bonchev–Trinajstić information content (AvgIpc) is 3.73. The molecule has 8 aromatic carbocycles. The van der Waals surface area contributed by atoms with E-state index in [0.717, 1.165) is 72.8 Å². The van der Waals surface area contributed by atoms with Crippen molar-refractivity contribution in [2.45, 2.75) is 5.41 Å². The molecule has 0 bridgehead atoms. The van der Waals surface area contributed by atoms with Crippen LogP contribution in [0.15, 0.2) is 186 Å². The number of rotatable bonds is 4. The number of para-hydroxylation sites is 2. The number of fused-ring (bicyclic) bond motifs is 12. The molecule has 0 radical (unpaired) electrons. The van der Waals surface area contributed by atoms with Crippen LogP contribution < -0.4 is 9.64 Å². The second-order valence-corrected chi connectivity index (χ2v) is 14.2. The summed E-state index contributed by atoms with van der Waals surface area (Å²) in [7, 11) is 0. The number of furan rings is 1. The molecule has 0 atom stereocenters. The van der Waals surface area contributed by atoms with Gasteiger partial charge in [0.05, 0.1) is 16.5 Å². The summed E-state index contributed by atoms with van der Waals surface area (Å²) in [5.74, 6) is 1.70. The lowest BCUT2D eigenvalue weighted by Gasteiger charge is -2.40. The highest BCUT2D eigenvalue weighted by atomic mass is 35.5. The highest BCUT2D eigenvalue weighted by molar-refractivity contribution is 6.31. The number of anilines is 3. The van der Waals surface area contributed by atoms with E-state index in [9.17, 15) is 0 Å². The van der Waals surface area contributed by atoms with Crippen molar-refractivity contribution in [1.82, 2.24) is 0 Å². The molecule has 1 aliphatic carbocycles. The monoisotopic (exact) mass is 699 g/mol. The van der Waals surface area contributed by atoms with E-state index in [1.54, 1.807) is 0 Å². The van der Waals surface area contributed by atoms with Crippen molar-refractivity contribution in [3.8, 4) is 33.8 Å². The van der Waals surface area contributed by atoms with Gasteiger partial charge in [0.25, 0.3) is 0 Å². The van der Waals surface area contributed by atoms with Crippen LogP contribution in [0.25, 0.3) is 44.2 Å². The number of hydrogen-bond acceptors (Lipinski definition) is 3. The van der Waals surface area contributed by atoms with Gasteiger partial charge in [-0.2, -0.15) is 0 Å². The molecule has 11 rings (SSSR count). The van der Waals surface area contributed by atoms with Gasteiger partial charge in [0, 0.05) is 32.9 Å². The maximum absolute atomic E-state index is 7.03. The first-order valence-corrected chi connectivity index (χ1v) is 18.2. The van der Waals surface area contributed by atoms with Gasteiger partial charge in [0.2, 0.25) is 0 Å². The predicted molar refractivity (Wildman–Crippen MR) is 216 cm³/mol. The lowest BCUT2D eigenvalue weighted by Crippen LogP contribution is -2.32. The molecule has 250 valence electrons. The maximum atomic E-state index is 7.03. The molecule has 2 aliphatic rings. The highest BCUT2D eigenvalue weighted by Crippen LogP contribution is 2.62. The third-order valence-electron chi connectivity index (χ3n) is 11.0. The van der Waals surface area contributed by atoms with Gasteiger partial charge in [-0.3, -0.25) is 0 Å². The summed E-state index contributed by atoms with van der Waals surface area (Å²) < 4.78 is 13.2. The molecule has 0 amide bonds. The van der Waals surface area contributed by atoms with Crippen LogP contribution in [-0.2, 0) is 5.41 Å². The van der Waals surface area contributed by atoms with E-state index in [0.29, 0.717) is 5.02 Å². The predicted octanol–water partition coefficient (Wildman–Crippen LogP) is 13.8. The highest BCUT2D eigenvalue weighted by Gasteiger charge is 2.51. The zero-order valence-corrected chi connectivity index (χ0v) is 29.2. The van der Waals surface area contributed by atoms with Gasteiger partial charge in [0.15, 0.2) is 0 Å². The van der Waals surface area contributed by atoms with E-state index in [4.69, 9.17) is 20.8 Å². The molecule has 0 saturated carbocycles. The van der Waals surface area contributed by atoms with Crippen LogP contribution in [0.3, 0.4) is 0 Å². The third kappa shape index (κ3) is 4.35. The molecule has 1 spiro atoms. The Morgan fingerprint density at radius 2 is 1.11 bits per heavy atom. The fourth-order valence-electron chi connectivity index (χ4n) is 8.85. The normalized spacial score (nSPS) is 13.3. The summed E-state index contributed by atoms with van der Waals surface area (Å²) in [5.41, 5.74) is 13.3. The summed E-state index contributed by atoms with van der Waals surface area (Å²) in [6, 6.07) is 64.0. The van der Waals surface area contributed by atoms with Crippen molar-refractivity contribution >= 4 is 50.6 Å². The molecule has 3 nitrogen and oxygen atoms in total. The Morgan fingerprint density at radius 3 is 1.92 bits per heavy atom. The summed E-state index contributed by atoms with van der Waals surface area (Å²) in [5, 5.41) is 2.74. The number of benzene rings is 8. The van der Waals surface area contributed by atoms with Gasteiger partial charge in [-0.05, 0) is 94.0 Å². The molecule has 1 aliphatic heterocycles. The molecule has 0 fully saturated rings. The van der Waals surface area contributed by atoms with Crippen molar-refractivity contribution in [2.75, 3.05) is 4.90 Å². The van der Waals surface area contributed by atoms with Gasteiger partial charge in [0.1, 0.15) is 22.7 Å². The number of hydrogen-bond donors (Lipinski definition) is 0. The number of nitrogens with zero attached hydrogens (tertiary/aromatic N) is 1. The standard InChI is InChI=1S/C49H30ClNO2/c50-33-27-32(31-13-2-1-3-14-31)28-35(29-33)51(43-21-12-24-47-48(43)38-17-6-10-22-44(38)52-47)34-25-26-46-42(30-34)49(41-20-9-11-23-45(41)53-46)39-18-7-4-15-36(39)37-16-5-8-19-40(37)49/h1-30H. The molecule has 2 heterocycles. The minimum Gasteiger partial charge on any atom is -0.457 e. The van der Waals surface area contributed by atoms with Gasteiger partial charge in [-0.25, -0.2) is 0 Å². The van der Waals surface area contributed by atoms with Gasteiger partial charge in [-0.15, -0.1) is 0 Å². The van der Waals surface area contributed by atoms with Crippen LogP contribution in [0.2, 0.25) is 5.02 Å². The maximum Gasteiger partial charge on any atom is 0.137 e. The smallest absolute Gasteiger partial charge is 0.137 e. The van der Waals surface area contributed by atoms with Crippen LogP contribution in [0.4, 0.5) is 17.1 Å². The van der Waals surface area contributed by atoms with E-state index in [2.05, 4.69) is 157 Å². The van der Waals surface area contributed by atoms with E-state index >= 15 is 0 Å². The van der Waals surface area contributed by atoms with Crippen molar-refractivity contribution in [3.05, 3.63) is 209 Å². The Hall–Kier alpha value is -6.55. The van der Waals surface area contributed by atoms with Gasteiger partial charge < -0.3 is 14.1 Å². The van der Waals surface area contributed by atoms with Crippen LogP contribution in [-0.4, -0.2) is 0 Å². The quantitative estimate of drug-likeness (QED) is 0.183. The SMILES string of the molecule is Clc1cc(-c2ccccc2)cc(N(c2ccc3c(c2)C2(c4ccccc4O3)c3ccccc3-c3ccccc32)c2cccc3oc4ccccc4c23)c1. The molecular weight excluding hydrogens is 670 g/mol. The van der Waals surface area contributed by atoms with Crippen molar-refractivity contribution in [3.63, 3.8) is 0 Å². The first kappa shape index (κ1) is 30.1. The largest absolute Gasteiger partial charge is 0.457 e. The number of ether oxygens (including phenoxy) is 1. The van der Waals surface area contributed by atoms with Crippen LogP contribution in [0.1, 0.15) is 22.3 Å². The van der Waals surface area contributed by atoms with Gasteiger partial charge in [-0.1, -0.05) is 133 Å². The molecule has 0 unspecified atom stereocenters. The second kappa shape index (κ2) is 11.5. The zero-order chi connectivity index (χ0) is 35.1. The molecule has 0 saturated heterocycles. The minimum atomic E-state index is -0.600. The van der Waals surface area contributed by atoms with E-state index in [-0.39, 0.29) is 0 Å². The Labute approximate surface area is 311 Å². The zero-order valence-electron chi connectivity index (χ0n) is 28.5. The molecule has 1 aromatic heterocycles. The summed E-state index contributed by atoms with van der Waals surface area (Å²) in [6.45, 7) is 0. The summed E-state index contributed by atoms with van der Waals surface area (Å²) in [6.07, 6.45) is 0. The van der Waals surface area contributed by atoms with Crippen LogP contribution >= 0.6 is 11.6 Å². The minimum absolute atomic E-state index is 0.600.